The van der Waals surface area contributed by atoms with Gasteiger partial charge in [0.05, 0.1) is 5.60 Å². The second-order valence-corrected chi connectivity index (χ2v) is 6.19. The van der Waals surface area contributed by atoms with E-state index in [0.29, 0.717) is 6.92 Å². The highest BCUT2D eigenvalue weighted by molar-refractivity contribution is 5.87. The third-order valence-electron chi connectivity index (χ3n) is 3.86. The molecule has 0 spiro atoms. The summed E-state index contributed by atoms with van der Waals surface area (Å²) in [6.45, 7) is 6.52. The summed E-state index contributed by atoms with van der Waals surface area (Å²) in [6, 6.07) is 0. The lowest BCUT2D eigenvalue weighted by atomic mass is 9.78. The molecule has 1 atom stereocenters. The Morgan fingerprint density at radius 1 is 1.21 bits per heavy atom. The zero-order chi connectivity index (χ0) is 19.1. The Bertz CT molecular complexity index is 490. The molecule has 0 aromatic rings. The molecule has 24 heavy (non-hydrogen) atoms. The molecule has 0 aliphatic heterocycles. The molecule has 1 aliphatic rings. The van der Waals surface area contributed by atoms with Crippen molar-refractivity contribution in [3.05, 3.63) is 12.2 Å². The molecule has 1 aliphatic carbocycles. The summed E-state index contributed by atoms with van der Waals surface area (Å²) in [5.41, 5.74) is -6.27. The maximum Gasteiger partial charge on any atom is 0.428 e. The number of halogens is 6. The number of rotatable bonds is 5. The van der Waals surface area contributed by atoms with Crippen molar-refractivity contribution in [2.24, 2.45) is 0 Å². The highest BCUT2D eigenvalue weighted by atomic mass is 19.4. The van der Waals surface area contributed by atoms with Gasteiger partial charge in [-0.15, -0.1) is 0 Å². The van der Waals surface area contributed by atoms with E-state index in [0.717, 1.165) is 0 Å². The number of ether oxygens (including phenoxy) is 2. The normalized spacial score (nSPS) is 26.5. The van der Waals surface area contributed by atoms with Crippen molar-refractivity contribution < 1.29 is 45.7 Å². The molecular formula is C14H18F6O4. The number of esters is 1. The summed E-state index contributed by atoms with van der Waals surface area (Å²) in [4.78, 5) is 11.3. The van der Waals surface area contributed by atoms with Crippen molar-refractivity contribution in [1.29, 1.82) is 0 Å². The fourth-order valence-electron chi connectivity index (χ4n) is 2.47. The van der Waals surface area contributed by atoms with Crippen molar-refractivity contribution in [1.82, 2.24) is 0 Å². The third kappa shape index (κ3) is 3.85. The van der Waals surface area contributed by atoms with Gasteiger partial charge >= 0.3 is 18.3 Å². The third-order valence-corrected chi connectivity index (χ3v) is 3.86. The summed E-state index contributed by atoms with van der Waals surface area (Å²) in [5.74, 6) is -0.711. The molecule has 0 amide bonds. The number of hydrogen-bond donors (Lipinski definition) is 1. The Morgan fingerprint density at radius 3 is 1.96 bits per heavy atom. The van der Waals surface area contributed by atoms with Crippen LogP contribution in [0, 0.1) is 0 Å². The summed E-state index contributed by atoms with van der Waals surface area (Å²) in [7, 11) is 0. The molecular weight excluding hydrogens is 346 g/mol. The molecule has 0 bridgehead atoms. The van der Waals surface area contributed by atoms with Gasteiger partial charge < -0.3 is 14.6 Å². The second-order valence-electron chi connectivity index (χ2n) is 6.19. The van der Waals surface area contributed by atoms with Gasteiger partial charge in [-0.2, -0.15) is 26.3 Å². The monoisotopic (exact) mass is 364 g/mol. The topological polar surface area (TPSA) is 55.8 Å². The first kappa shape index (κ1) is 20.8. The van der Waals surface area contributed by atoms with Gasteiger partial charge in [0.1, 0.15) is 12.2 Å². The van der Waals surface area contributed by atoms with Gasteiger partial charge in [-0.3, -0.25) is 0 Å². The van der Waals surface area contributed by atoms with E-state index in [9.17, 15) is 36.2 Å². The van der Waals surface area contributed by atoms with Crippen LogP contribution in [0.2, 0.25) is 0 Å². The Kier molecular flexibility index (Phi) is 5.37. The van der Waals surface area contributed by atoms with Crippen LogP contribution in [0.5, 0.6) is 0 Å². The van der Waals surface area contributed by atoms with Crippen LogP contribution in [0.15, 0.2) is 12.2 Å². The highest BCUT2D eigenvalue weighted by Crippen LogP contribution is 2.49. The Morgan fingerprint density at radius 2 is 1.62 bits per heavy atom. The number of carbonyl (C=O) groups excluding carboxylic acids is 1. The van der Waals surface area contributed by atoms with Gasteiger partial charge in [-0.1, -0.05) is 6.58 Å². The van der Waals surface area contributed by atoms with E-state index in [1.165, 1.54) is 13.8 Å². The quantitative estimate of drug-likeness (QED) is 0.462. The van der Waals surface area contributed by atoms with Gasteiger partial charge in [0.25, 0.3) is 5.60 Å². The molecule has 0 aromatic heterocycles. The Balaban J connectivity index is 2.79. The van der Waals surface area contributed by atoms with Crippen molar-refractivity contribution in [2.75, 3.05) is 0 Å². The lowest BCUT2D eigenvalue weighted by molar-refractivity contribution is -0.401. The van der Waals surface area contributed by atoms with Crippen LogP contribution in [0.4, 0.5) is 26.3 Å². The molecule has 1 rings (SSSR count). The molecule has 4 nitrogen and oxygen atoms in total. The van der Waals surface area contributed by atoms with Crippen LogP contribution in [-0.2, 0) is 14.3 Å². The molecule has 1 unspecified atom stereocenters. The van der Waals surface area contributed by atoms with Gasteiger partial charge in [0.15, 0.2) is 0 Å². The molecule has 1 N–H and O–H groups in total. The van der Waals surface area contributed by atoms with Crippen molar-refractivity contribution in [3.63, 3.8) is 0 Å². The fraction of sp³-hybridized carbons (Fsp3) is 0.786. The van der Waals surface area contributed by atoms with Gasteiger partial charge in [-0.25, -0.2) is 4.79 Å². The van der Waals surface area contributed by atoms with E-state index in [1.54, 1.807) is 0 Å². The van der Waals surface area contributed by atoms with Crippen LogP contribution in [0.1, 0.15) is 33.6 Å². The molecule has 10 heteroatoms. The number of hydrogen-bond acceptors (Lipinski definition) is 4. The van der Waals surface area contributed by atoms with Gasteiger partial charge in [-0.05, 0) is 20.8 Å². The minimum Gasteiger partial charge on any atom is -0.459 e. The summed E-state index contributed by atoms with van der Waals surface area (Å²) in [6.07, 6.45) is -15.4. The Labute approximate surface area is 134 Å². The van der Waals surface area contributed by atoms with Crippen molar-refractivity contribution in [3.8, 4) is 0 Å². The molecule has 1 saturated carbocycles. The summed E-state index contributed by atoms with van der Waals surface area (Å²) in [5, 5.41) is 9.25. The molecule has 0 saturated heterocycles. The maximum absolute atomic E-state index is 12.8. The molecule has 1 fully saturated rings. The average Bonchev–Trinajstić information content (AvgIpc) is 2.32. The fourth-order valence-corrected chi connectivity index (χ4v) is 2.47. The minimum absolute atomic E-state index is 0.0951. The number of carbonyl (C=O) groups is 1. The van der Waals surface area contributed by atoms with E-state index >= 15 is 0 Å². The summed E-state index contributed by atoms with van der Waals surface area (Å²) < 4.78 is 86.3. The average molecular weight is 364 g/mol. The van der Waals surface area contributed by atoms with Gasteiger partial charge in [0, 0.05) is 18.4 Å². The first-order valence-corrected chi connectivity index (χ1v) is 6.93. The van der Waals surface area contributed by atoms with Crippen LogP contribution in [-0.4, -0.2) is 46.8 Å². The predicted molar refractivity (Wildman–Crippen MR) is 69.9 cm³/mol. The standard InChI is InChI=1S/C14H18F6O4/c1-7(2)10(21)23-9-5-11(4,6-9)24-8(3)12(22,13(15,16)17)14(18,19)20/h8-9,22H,1,5-6H2,2-4H3. The first-order chi connectivity index (χ1) is 10.5. The zero-order valence-corrected chi connectivity index (χ0v) is 13.2. The molecule has 140 valence electrons. The lowest BCUT2D eigenvalue weighted by Gasteiger charge is -2.48. The number of aliphatic hydroxyl groups is 1. The van der Waals surface area contributed by atoms with Crippen molar-refractivity contribution >= 4 is 5.97 Å². The van der Waals surface area contributed by atoms with Crippen LogP contribution < -0.4 is 0 Å². The van der Waals surface area contributed by atoms with E-state index in [1.807, 2.05) is 0 Å². The maximum atomic E-state index is 12.8. The smallest absolute Gasteiger partial charge is 0.428 e. The highest BCUT2D eigenvalue weighted by Gasteiger charge is 2.74. The van der Waals surface area contributed by atoms with Crippen molar-refractivity contribution in [2.45, 2.75) is 69.4 Å². The number of alkyl halides is 6. The molecule has 0 aromatic carbocycles. The lowest BCUT2D eigenvalue weighted by Crippen LogP contribution is -2.66. The van der Waals surface area contributed by atoms with E-state index < -0.39 is 41.7 Å². The van der Waals surface area contributed by atoms with E-state index in [4.69, 9.17) is 9.47 Å². The predicted octanol–water partition coefficient (Wildman–Crippen LogP) is 3.29. The van der Waals surface area contributed by atoms with Gasteiger partial charge in [0.2, 0.25) is 0 Å². The second kappa shape index (κ2) is 6.21. The molecule has 0 radical (unpaired) electrons. The summed E-state index contributed by atoms with van der Waals surface area (Å²) >= 11 is 0. The van der Waals surface area contributed by atoms with E-state index in [2.05, 4.69) is 6.58 Å². The van der Waals surface area contributed by atoms with Crippen LogP contribution >= 0.6 is 0 Å². The van der Waals surface area contributed by atoms with E-state index in [-0.39, 0.29) is 18.4 Å². The Hall–Kier alpha value is -1.29. The SMILES string of the molecule is C=C(C)C(=O)OC1CC(C)(OC(C)C(O)(C(F)(F)F)C(F)(F)F)C1. The minimum atomic E-state index is -5.96. The molecule has 0 heterocycles. The van der Waals surface area contributed by atoms with Crippen LogP contribution in [0.3, 0.4) is 0 Å². The van der Waals surface area contributed by atoms with Crippen LogP contribution in [0.25, 0.3) is 0 Å². The zero-order valence-electron chi connectivity index (χ0n) is 13.2. The first-order valence-electron chi connectivity index (χ1n) is 6.93. The largest absolute Gasteiger partial charge is 0.459 e.